The number of thiazole rings is 1. The molecule has 0 saturated heterocycles. The van der Waals surface area contributed by atoms with E-state index >= 15 is 0 Å². The van der Waals surface area contributed by atoms with Crippen LogP contribution in [-0.2, 0) is 11.2 Å². The Morgan fingerprint density at radius 1 is 1.27 bits per heavy atom. The predicted molar refractivity (Wildman–Crippen MR) is 102 cm³/mol. The van der Waals surface area contributed by atoms with Gasteiger partial charge in [-0.2, -0.15) is 0 Å². The molecule has 6 nitrogen and oxygen atoms in total. The second-order valence-electron chi connectivity index (χ2n) is 6.26. The highest BCUT2D eigenvalue weighted by Crippen LogP contribution is 2.27. The van der Waals surface area contributed by atoms with Gasteiger partial charge in [-0.3, -0.25) is 4.79 Å². The first-order valence-corrected chi connectivity index (χ1v) is 9.24. The second-order valence-corrected chi connectivity index (χ2v) is 7.11. The van der Waals surface area contributed by atoms with Gasteiger partial charge in [0.05, 0.1) is 23.9 Å². The van der Waals surface area contributed by atoms with Gasteiger partial charge >= 0.3 is 0 Å². The van der Waals surface area contributed by atoms with Crippen LogP contribution >= 0.6 is 11.3 Å². The Hall–Kier alpha value is -2.67. The maximum Gasteiger partial charge on any atom is 0.230 e. The van der Waals surface area contributed by atoms with E-state index in [0.717, 1.165) is 28.3 Å². The minimum atomic E-state index is -0.138. The molecule has 3 aromatic rings. The Morgan fingerprint density at radius 2 is 2.00 bits per heavy atom. The molecule has 1 amide bonds. The number of hydrogen-bond donors (Lipinski definition) is 1. The number of rotatable bonds is 6. The van der Waals surface area contributed by atoms with Gasteiger partial charge in [-0.15, -0.1) is 11.3 Å². The lowest BCUT2D eigenvalue weighted by molar-refractivity contribution is -0.115. The molecule has 3 rings (SSSR count). The molecule has 0 atom stereocenters. The molecule has 26 heavy (non-hydrogen) atoms. The first kappa shape index (κ1) is 18.1. The van der Waals surface area contributed by atoms with Gasteiger partial charge < -0.3 is 14.6 Å². The summed E-state index contributed by atoms with van der Waals surface area (Å²) in [4.78, 5) is 16.7. The fourth-order valence-electron chi connectivity index (χ4n) is 2.52. The molecule has 0 spiro atoms. The number of nitrogens with one attached hydrogen (secondary N) is 1. The van der Waals surface area contributed by atoms with Crippen LogP contribution in [0.3, 0.4) is 0 Å². The number of anilines is 1. The Labute approximate surface area is 156 Å². The van der Waals surface area contributed by atoms with Crippen molar-refractivity contribution in [1.82, 2.24) is 10.1 Å². The lowest BCUT2D eigenvalue weighted by atomic mass is 10.1. The molecule has 2 heterocycles. The van der Waals surface area contributed by atoms with Crippen molar-refractivity contribution >= 4 is 22.4 Å². The third kappa shape index (κ3) is 4.29. The number of nitrogens with zero attached hydrogens (tertiary/aromatic N) is 2. The van der Waals surface area contributed by atoms with E-state index in [1.54, 1.807) is 6.92 Å². The molecule has 0 unspecified atom stereocenters. The van der Waals surface area contributed by atoms with Gasteiger partial charge in [0, 0.05) is 16.5 Å². The monoisotopic (exact) mass is 371 g/mol. The number of aromatic nitrogens is 2. The first-order valence-electron chi connectivity index (χ1n) is 8.36. The molecule has 2 aromatic heterocycles. The van der Waals surface area contributed by atoms with E-state index in [1.165, 1.54) is 11.3 Å². The molecule has 0 fully saturated rings. The summed E-state index contributed by atoms with van der Waals surface area (Å²) in [7, 11) is 0. The van der Waals surface area contributed by atoms with Crippen LogP contribution in [0.1, 0.15) is 30.9 Å². The standard InChI is InChI=1S/C19H21N3O3S/c1-11(2)24-15-7-5-14(6-8-15)17-10-26-19(20-17)21-18(23)9-16-12(3)22-25-13(16)4/h5-8,10-11H,9H2,1-4H3,(H,20,21,23). The summed E-state index contributed by atoms with van der Waals surface area (Å²) < 4.78 is 10.7. The summed E-state index contributed by atoms with van der Waals surface area (Å²) in [5.41, 5.74) is 3.35. The zero-order valence-electron chi connectivity index (χ0n) is 15.2. The largest absolute Gasteiger partial charge is 0.491 e. The van der Waals surface area contributed by atoms with Crippen molar-refractivity contribution in [1.29, 1.82) is 0 Å². The predicted octanol–water partition coefficient (Wildman–Crippen LogP) is 4.38. The molecule has 1 N–H and O–H groups in total. The van der Waals surface area contributed by atoms with Crippen molar-refractivity contribution in [2.75, 3.05) is 5.32 Å². The molecule has 0 aliphatic rings. The molecule has 0 saturated carbocycles. The van der Waals surface area contributed by atoms with E-state index < -0.39 is 0 Å². The van der Waals surface area contributed by atoms with Crippen LogP contribution in [-0.4, -0.2) is 22.2 Å². The van der Waals surface area contributed by atoms with Gasteiger partial charge in [0.15, 0.2) is 5.13 Å². The number of carbonyl (C=O) groups is 1. The van der Waals surface area contributed by atoms with Gasteiger partial charge in [0.25, 0.3) is 0 Å². The molecular formula is C19H21N3O3S. The summed E-state index contributed by atoms with van der Waals surface area (Å²) in [6.07, 6.45) is 0.358. The maximum absolute atomic E-state index is 12.2. The minimum absolute atomic E-state index is 0.138. The lowest BCUT2D eigenvalue weighted by Crippen LogP contribution is -2.15. The highest BCUT2D eigenvalue weighted by molar-refractivity contribution is 7.14. The number of ether oxygens (including phenoxy) is 1. The van der Waals surface area contributed by atoms with Gasteiger partial charge in [-0.05, 0) is 52.0 Å². The van der Waals surface area contributed by atoms with Crippen LogP contribution in [0.25, 0.3) is 11.3 Å². The number of aryl methyl sites for hydroxylation is 2. The molecule has 0 aliphatic heterocycles. The molecule has 0 aliphatic carbocycles. The van der Waals surface area contributed by atoms with Crippen molar-refractivity contribution in [3.05, 3.63) is 46.7 Å². The van der Waals surface area contributed by atoms with Crippen molar-refractivity contribution in [2.45, 2.75) is 40.2 Å². The number of benzene rings is 1. The lowest BCUT2D eigenvalue weighted by Gasteiger charge is -2.09. The van der Waals surface area contributed by atoms with Gasteiger partial charge in [0.1, 0.15) is 11.5 Å². The molecule has 136 valence electrons. The van der Waals surface area contributed by atoms with Crippen LogP contribution in [0.15, 0.2) is 34.2 Å². The zero-order chi connectivity index (χ0) is 18.7. The third-order valence-corrected chi connectivity index (χ3v) is 4.55. The fourth-order valence-corrected chi connectivity index (χ4v) is 3.25. The van der Waals surface area contributed by atoms with Gasteiger partial charge in [-0.25, -0.2) is 4.98 Å². The van der Waals surface area contributed by atoms with Crippen LogP contribution in [0.2, 0.25) is 0 Å². The van der Waals surface area contributed by atoms with Gasteiger partial charge in [0.2, 0.25) is 5.91 Å². The molecule has 7 heteroatoms. The summed E-state index contributed by atoms with van der Waals surface area (Å²) in [6.45, 7) is 7.61. The smallest absolute Gasteiger partial charge is 0.230 e. The summed E-state index contributed by atoms with van der Waals surface area (Å²) in [5.74, 6) is 1.36. The molecular weight excluding hydrogens is 350 g/mol. The van der Waals surface area contributed by atoms with Crippen LogP contribution in [0, 0.1) is 13.8 Å². The van der Waals surface area contributed by atoms with E-state index in [2.05, 4.69) is 15.5 Å². The maximum atomic E-state index is 12.2. The summed E-state index contributed by atoms with van der Waals surface area (Å²) >= 11 is 1.40. The van der Waals surface area contributed by atoms with E-state index in [-0.39, 0.29) is 18.4 Å². The third-order valence-electron chi connectivity index (χ3n) is 3.79. The molecule has 0 radical (unpaired) electrons. The van der Waals surface area contributed by atoms with E-state index in [1.807, 2.05) is 50.4 Å². The highest BCUT2D eigenvalue weighted by atomic mass is 32.1. The molecule has 1 aromatic carbocycles. The fraction of sp³-hybridized carbons (Fsp3) is 0.316. The van der Waals surface area contributed by atoms with E-state index in [0.29, 0.717) is 10.9 Å². The number of hydrogen-bond acceptors (Lipinski definition) is 6. The van der Waals surface area contributed by atoms with Gasteiger partial charge in [-0.1, -0.05) is 5.16 Å². The Balaban J connectivity index is 1.65. The number of amides is 1. The Bertz CT molecular complexity index is 878. The zero-order valence-corrected chi connectivity index (χ0v) is 16.0. The van der Waals surface area contributed by atoms with E-state index in [9.17, 15) is 4.79 Å². The van der Waals surface area contributed by atoms with Crippen molar-refractivity contribution < 1.29 is 14.1 Å². The van der Waals surface area contributed by atoms with E-state index in [4.69, 9.17) is 9.26 Å². The first-order chi connectivity index (χ1) is 12.4. The SMILES string of the molecule is Cc1noc(C)c1CC(=O)Nc1nc(-c2ccc(OC(C)C)cc2)cs1. The normalized spacial score (nSPS) is 11.0. The van der Waals surface area contributed by atoms with Crippen molar-refractivity contribution in [3.63, 3.8) is 0 Å². The van der Waals surface area contributed by atoms with Crippen LogP contribution in [0.5, 0.6) is 5.75 Å². The molecule has 0 bridgehead atoms. The highest BCUT2D eigenvalue weighted by Gasteiger charge is 2.15. The topological polar surface area (TPSA) is 77.3 Å². The summed E-state index contributed by atoms with van der Waals surface area (Å²) in [6, 6.07) is 7.76. The quantitative estimate of drug-likeness (QED) is 0.696. The van der Waals surface area contributed by atoms with Crippen LogP contribution < -0.4 is 10.1 Å². The average Bonchev–Trinajstić information content (AvgIpc) is 3.17. The Morgan fingerprint density at radius 3 is 2.62 bits per heavy atom. The minimum Gasteiger partial charge on any atom is -0.491 e. The van der Waals surface area contributed by atoms with Crippen LogP contribution in [0.4, 0.5) is 5.13 Å². The number of carbonyl (C=O) groups excluding carboxylic acids is 1. The summed E-state index contributed by atoms with van der Waals surface area (Å²) in [5, 5.41) is 9.19. The second kappa shape index (κ2) is 7.70. The Kier molecular flexibility index (Phi) is 5.37. The average molecular weight is 371 g/mol. The van der Waals surface area contributed by atoms with Crippen molar-refractivity contribution in [3.8, 4) is 17.0 Å². The van der Waals surface area contributed by atoms with Crippen molar-refractivity contribution in [2.24, 2.45) is 0 Å².